The van der Waals surface area contributed by atoms with Gasteiger partial charge < -0.3 is 16.3 Å². The van der Waals surface area contributed by atoms with Gasteiger partial charge in [-0.1, -0.05) is 18.5 Å². The van der Waals surface area contributed by atoms with Crippen molar-refractivity contribution >= 4 is 11.7 Å². The molecule has 15 heavy (non-hydrogen) atoms. The highest BCUT2D eigenvalue weighted by atomic mass is 16.4. The second kappa shape index (κ2) is 3.40. The fourth-order valence-electron chi connectivity index (χ4n) is 2.06. The summed E-state index contributed by atoms with van der Waals surface area (Å²) in [6.45, 7) is 2.10. The molecule has 2 atom stereocenters. The molecular formula is C10H17N3O2. The van der Waals surface area contributed by atoms with Gasteiger partial charge >= 0.3 is 0 Å². The van der Waals surface area contributed by atoms with Gasteiger partial charge in [0.15, 0.2) is 5.84 Å². The quantitative estimate of drug-likeness (QED) is 0.274. The van der Waals surface area contributed by atoms with E-state index in [1.54, 1.807) is 0 Å². The molecule has 2 saturated carbocycles. The molecule has 5 nitrogen and oxygen atoms in total. The van der Waals surface area contributed by atoms with E-state index in [1.807, 2.05) is 0 Å². The second-order valence-electron chi connectivity index (χ2n) is 4.71. The Labute approximate surface area is 88.7 Å². The highest BCUT2D eigenvalue weighted by molar-refractivity contribution is 6.07. The highest BCUT2D eigenvalue weighted by Crippen LogP contribution is 2.42. The molecular weight excluding hydrogens is 194 g/mol. The van der Waals surface area contributed by atoms with Gasteiger partial charge in [-0.15, -0.1) is 0 Å². The summed E-state index contributed by atoms with van der Waals surface area (Å²) in [4.78, 5) is 12.0. The van der Waals surface area contributed by atoms with Crippen molar-refractivity contribution in [3.05, 3.63) is 0 Å². The first-order valence-electron chi connectivity index (χ1n) is 5.39. The molecule has 0 spiro atoms. The van der Waals surface area contributed by atoms with Gasteiger partial charge in [0.05, 0.1) is 0 Å². The summed E-state index contributed by atoms with van der Waals surface area (Å²) in [6, 6.07) is 0.293. The molecule has 84 valence electrons. The molecule has 1 amide bonds. The minimum atomic E-state index is -0.725. The van der Waals surface area contributed by atoms with Crippen molar-refractivity contribution in [2.45, 2.75) is 38.6 Å². The largest absolute Gasteiger partial charge is 0.409 e. The van der Waals surface area contributed by atoms with Crippen molar-refractivity contribution in [3.8, 4) is 0 Å². The lowest BCUT2D eigenvalue weighted by Gasteiger charge is -2.38. The number of nitrogens with two attached hydrogens (primary N) is 1. The van der Waals surface area contributed by atoms with Crippen LogP contribution in [0.1, 0.15) is 32.6 Å². The molecule has 0 heterocycles. The van der Waals surface area contributed by atoms with Crippen LogP contribution >= 0.6 is 0 Å². The van der Waals surface area contributed by atoms with Crippen LogP contribution in [0.3, 0.4) is 0 Å². The van der Waals surface area contributed by atoms with Crippen LogP contribution in [0.5, 0.6) is 0 Å². The molecule has 0 aliphatic heterocycles. The number of hydrogen-bond donors (Lipinski definition) is 3. The fourth-order valence-corrected chi connectivity index (χ4v) is 2.06. The number of nitrogens with zero attached hydrogens (tertiary/aromatic N) is 1. The molecule has 2 aliphatic carbocycles. The van der Waals surface area contributed by atoms with E-state index in [1.165, 1.54) is 0 Å². The molecule has 2 aliphatic rings. The van der Waals surface area contributed by atoms with Crippen molar-refractivity contribution in [3.63, 3.8) is 0 Å². The van der Waals surface area contributed by atoms with E-state index in [9.17, 15) is 4.79 Å². The summed E-state index contributed by atoms with van der Waals surface area (Å²) in [5.41, 5.74) is 4.86. The normalized spacial score (nSPS) is 33.0. The maximum absolute atomic E-state index is 12.0. The molecule has 0 bridgehead atoms. The van der Waals surface area contributed by atoms with Crippen LogP contribution in [0.15, 0.2) is 5.16 Å². The van der Waals surface area contributed by atoms with Crippen LogP contribution in [0, 0.1) is 11.3 Å². The van der Waals surface area contributed by atoms with Crippen LogP contribution in [-0.4, -0.2) is 23.0 Å². The predicted octanol–water partition coefficient (Wildman–Crippen LogP) is 0.428. The standard InChI is InChI=1S/C10H17N3O2/c1-6-5-7(6)12-9(14)10(3-2-4-10)8(11)13-15/h6-7,15H,2-5H2,1H3,(H2,11,13)(H,12,14). The topological polar surface area (TPSA) is 87.7 Å². The minimum Gasteiger partial charge on any atom is -0.409 e. The molecule has 0 aromatic heterocycles. The molecule has 0 saturated heterocycles. The zero-order chi connectivity index (χ0) is 11.1. The van der Waals surface area contributed by atoms with Crippen LogP contribution in [-0.2, 0) is 4.79 Å². The summed E-state index contributed by atoms with van der Waals surface area (Å²) in [5.74, 6) is 0.552. The van der Waals surface area contributed by atoms with Crippen molar-refractivity contribution < 1.29 is 10.0 Å². The minimum absolute atomic E-state index is 0.0551. The highest BCUT2D eigenvalue weighted by Gasteiger charge is 2.50. The van der Waals surface area contributed by atoms with Gasteiger partial charge in [0, 0.05) is 6.04 Å². The molecule has 2 rings (SSSR count). The molecule has 0 aromatic rings. The Bertz CT molecular complexity index is 310. The third kappa shape index (κ3) is 1.56. The predicted molar refractivity (Wildman–Crippen MR) is 55.4 cm³/mol. The Morgan fingerprint density at radius 2 is 2.20 bits per heavy atom. The zero-order valence-electron chi connectivity index (χ0n) is 8.86. The van der Waals surface area contributed by atoms with E-state index in [0.29, 0.717) is 24.8 Å². The van der Waals surface area contributed by atoms with Crippen LogP contribution in [0.4, 0.5) is 0 Å². The number of amidine groups is 1. The first-order valence-corrected chi connectivity index (χ1v) is 5.39. The van der Waals surface area contributed by atoms with Gasteiger partial charge in [0.1, 0.15) is 5.41 Å². The summed E-state index contributed by atoms with van der Waals surface area (Å²) in [7, 11) is 0. The van der Waals surface area contributed by atoms with E-state index >= 15 is 0 Å². The fraction of sp³-hybridized carbons (Fsp3) is 0.800. The molecule has 0 aromatic carbocycles. The van der Waals surface area contributed by atoms with Crippen molar-refractivity contribution in [2.75, 3.05) is 0 Å². The third-order valence-corrected chi connectivity index (χ3v) is 3.67. The Morgan fingerprint density at radius 1 is 1.60 bits per heavy atom. The lowest BCUT2D eigenvalue weighted by Crippen LogP contribution is -2.54. The Morgan fingerprint density at radius 3 is 2.53 bits per heavy atom. The molecule has 0 radical (unpaired) electrons. The van der Waals surface area contributed by atoms with Gasteiger partial charge in [-0.05, 0) is 25.2 Å². The smallest absolute Gasteiger partial charge is 0.234 e. The number of oxime groups is 1. The second-order valence-corrected chi connectivity index (χ2v) is 4.71. The van der Waals surface area contributed by atoms with Gasteiger partial charge in [0.2, 0.25) is 5.91 Å². The van der Waals surface area contributed by atoms with Crippen LogP contribution in [0.25, 0.3) is 0 Å². The number of rotatable bonds is 3. The molecule has 4 N–H and O–H groups in total. The third-order valence-electron chi connectivity index (χ3n) is 3.67. The lowest BCUT2D eigenvalue weighted by molar-refractivity contribution is -0.131. The van der Waals surface area contributed by atoms with Gasteiger partial charge in [-0.2, -0.15) is 0 Å². The van der Waals surface area contributed by atoms with E-state index in [4.69, 9.17) is 10.9 Å². The number of hydrogen-bond acceptors (Lipinski definition) is 3. The van der Waals surface area contributed by atoms with Gasteiger partial charge in [-0.25, -0.2) is 0 Å². The van der Waals surface area contributed by atoms with E-state index < -0.39 is 5.41 Å². The van der Waals surface area contributed by atoms with E-state index in [2.05, 4.69) is 17.4 Å². The molecule has 2 unspecified atom stereocenters. The average molecular weight is 211 g/mol. The maximum atomic E-state index is 12.0. The number of nitrogens with one attached hydrogen (secondary N) is 1. The zero-order valence-corrected chi connectivity index (χ0v) is 8.86. The number of amides is 1. The van der Waals surface area contributed by atoms with Crippen LogP contribution in [0.2, 0.25) is 0 Å². The van der Waals surface area contributed by atoms with Crippen molar-refractivity contribution in [2.24, 2.45) is 22.2 Å². The van der Waals surface area contributed by atoms with E-state index in [0.717, 1.165) is 12.8 Å². The Hall–Kier alpha value is -1.26. The van der Waals surface area contributed by atoms with Gasteiger partial charge in [0.25, 0.3) is 0 Å². The van der Waals surface area contributed by atoms with E-state index in [-0.39, 0.29) is 11.7 Å². The molecule has 2 fully saturated rings. The monoisotopic (exact) mass is 211 g/mol. The average Bonchev–Trinajstić information content (AvgIpc) is 2.79. The maximum Gasteiger partial charge on any atom is 0.234 e. The SMILES string of the molecule is CC1CC1NC(=O)C1(C(N)=NO)CCC1. The number of carbonyl (C=O) groups is 1. The summed E-state index contributed by atoms with van der Waals surface area (Å²) < 4.78 is 0. The number of carbonyl (C=O) groups excluding carboxylic acids is 1. The van der Waals surface area contributed by atoms with Gasteiger partial charge in [-0.3, -0.25) is 4.79 Å². The van der Waals surface area contributed by atoms with Crippen LogP contribution < -0.4 is 11.1 Å². The first kappa shape index (κ1) is 10.3. The summed E-state index contributed by atoms with van der Waals surface area (Å²) >= 11 is 0. The van der Waals surface area contributed by atoms with Crippen molar-refractivity contribution in [1.82, 2.24) is 5.32 Å². The Balaban J connectivity index is 2.02. The molecule has 5 heteroatoms. The summed E-state index contributed by atoms with van der Waals surface area (Å²) in [6.07, 6.45) is 3.38. The Kier molecular flexibility index (Phi) is 2.32. The summed E-state index contributed by atoms with van der Waals surface area (Å²) in [5, 5.41) is 14.6. The van der Waals surface area contributed by atoms with Crippen molar-refractivity contribution in [1.29, 1.82) is 0 Å². The lowest BCUT2D eigenvalue weighted by atomic mass is 9.67. The first-order chi connectivity index (χ1) is 7.10.